The largest absolute Gasteiger partial charge is 0.493 e. The highest BCUT2D eigenvalue weighted by molar-refractivity contribution is 5.81. The molecule has 1 aromatic rings. The van der Waals surface area contributed by atoms with Gasteiger partial charge in [-0.1, -0.05) is 19.1 Å². The molecular formula is C16H26N2O3. The SMILES string of the molecule is CCCNC(=O)C(C)NCc1cccc(OCC)c1OC. The zero-order valence-corrected chi connectivity index (χ0v) is 13.4. The normalized spacial score (nSPS) is 11.8. The number of benzene rings is 1. The summed E-state index contributed by atoms with van der Waals surface area (Å²) in [4.78, 5) is 11.8. The minimum atomic E-state index is -0.253. The van der Waals surface area contributed by atoms with Gasteiger partial charge in [0.2, 0.25) is 5.91 Å². The van der Waals surface area contributed by atoms with Gasteiger partial charge in [-0.15, -0.1) is 0 Å². The van der Waals surface area contributed by atoms with Crippen LogP contribution >= 0.6 is 0 Å². The predicted octanol–water partition coefficient (Wildman–Crippen LogP) is 2.10. The highest BCUT2D eigenvalue weighted by Crippen LogP contribution is 2.30. The molecule has 0 heterocycles. The molecule has 21 heavy (non-hydrogen) atoms. The molecule has 0 bridgehead atoms. The van der Waals surface area contributed by atoms with Crippen molar-refractivity contribution in [2.24, 2.45) is 0 Å². The molecule has 0 spiro atoms. The number of carbonyl (C=O) groups is 1. The Morgan fingerprint density at radius 2 is 2.10 bits per heavy atom. The highest BCUT2D eigenvalue weighted by atomic mass is 16.5. The Labute approximate surface area is 127 Å². The Hall–Kier alpha value is -1.75. The standard InChI is InChI=1S/C16H26N2O3/c1-5-10-17-16(19)12(3)18-11-13-8-7-9-14(21-6-2)15(13)20-4/h7-9,12,18H,5-6,10-11H2,1-4H3,(H,17,19). The first-order valence-corrected chi connectivity index (χ1v) is 7.43. The van der Waals surface area contributed by atoms with Crippen LogP contribution in [0.25, 0.3) is 0 Å². The Balaban J connectivity index is 2.66. The van der Waals surface area contributed by atoms with Crippen molar-refractivity contribution in [2.45, 2.75) is 39.8 Å². The molecule has 1 atom stereocenters. The summed E-state index contributed by atoms with van der Waals surface area (Å²) in [5.74, 6) is 1.45. The fourth-order valence-corrected chi connectivity index (χ4v) is 1.96. The van der Waals surface area contributed by atoms with Crippen molar-refractivity contribution in [3.8, 4) is 11.5 Å². The quantitative estimate of drug-likeness (QED) is 0.732. The fourth-order valence-electron chi connectivity index (χ4n) is 1.96. The summed E-state index contributed by atoms with van der Waals surface area (Å²) < 4.78 is 11.0. The van der Waals surface area contributed by atoms with Crippen LogP contribution in [-0.4, -0.2) is 32.2 Å². The molecule has 0 saturated heterocycles. The van der Waals surface area contributed by atoms with Crippen LogP contribution in [0.2, 0.25) is 0 Å². The van der Waals surface area contributed by atoms with Crippen LogP contribution in [0.5, 0.6) is 11.5 Å². The highest BCUT2D eigenvalue weighted by Gasteiger charge is 2.14. The minimum Gasteiger partial charge on any atom is -0.493 e. The Morgan fingerprint density at radius 3 is 2.71 bits per heavy atom. The molecule has 0 aliphatic heterocycles. The van der Waals surface area contributed by atoms with Crippen LogP contribution < -0.4 is 20.1 Å². The molecule has 0 aromatic heterocycles. The van der Waals surface area contributed by atoms with Crippen LogP contribution in [-0.2, 0) is 11.3 Å². The van der Waals surface area contributed by atoms with E-state index in [1.54, 1.807) is 7.11 Å². The second-order valence-corrected chi connectivity index (χ2v) is 4.78. The van der Waals surface area contributed by atoms with Gasteiger partial charge < -0.3 is 20.1 Å². The molecule has 1 unspecified atom stereocenters. The zero-order valence-electron chi connectivity index (χ0n) is 13.4. The van der Waals surface area contributed by atoms with E-state index in [1.807, 2.05) is 39.0 Å². The number of rotatable bonds is 9. The Morgan fingerprint density at radius 1 is 1.33 bits per heavy atom. The van der Waals surface area contributed by atoms with Crippen LogP contribution in [0.15, 0.2) is 18.2 Å². The van der Waals surface area contributed by atoms with Crippen molar-refractivity contribution < 1.29 is 14.3 Å². The molecule has 0 radical (unpaired) electrons. The van der Waals surface area contributed by atoms with E-state index in [-0.39, 0.29) is 11.9 Å². The second-order valence-electron chi connectivity index (χ2n) is 4.78. The smallest absolute Gasteiger partial charge is 0.236 e. The third kappa shape index (κ3) is 5.27. The van der Waals surface area contributed by atoms with Crippen molar-refractivity contribution in [3.63, 3.8) is 0 Å². The summed E-state index contributed by atoms with van der Waals surface area (Å²) in [6.07, 6.45) is 0.933. The third-order valence-electron chi connectivity index (χ3n) is 3.11. The van der Waals surface area contributed by atoms with Gasteiger partial charge >= 0.3 is 0 Å². The lowest BCUT2D eigenvalue weighted by Gasteiger charge is -2.17. The Kier molecular flexibility index (Phi) is 7.61. The molecule has 5 nitrogen and oxygen atoms in total. The lowest BCUT2D eigenvalue weighted by atomic mass is 10.1. The topological polar surface area (TPSA) is 59.6 Å². The number of carbonyl (C=O) groups excluding carboxylic acids is 1. The molecule has 5 heteroatoms. The van der Waals surface area contributed by atoms with Crippen LogP contribution in [0.3, 0.4) is 0 Å². The fraction of sp³-hybridized carbons (Fsp3) is 0.562. The van der Waals surface area contributed by atoms with Gasteiger partial charge in [0, 0.05) is 18.7 Å². The maximum absolute atomic E-state index is 11.8. The van der Waals surface area contributed by atoms with Crippen LogP contribution in [0.1, 0.15) is 32.8 Å². The maximum atomic E-state index is 11.8. The van der Waals surface area contributed by atoms with Gasteiger partial charge in [0.05, 0.1) is 19.8 Å². The maximum Gasteiger partial charge on any atom is 0.236 e. The first-order valence-electron chi connectivity index (χ1n) is 7.43. The first kappa shape index (κ1) is 17.3. The van der Waals surface area contributed by atoms with Crippen molar-refractivity contribution in [3.05, 3.63) is 23.8 Å². The van der Waals surface area contributed by atoms with E-state index in [0.717, 1.165) is 17.7 Å². The van der Waals surface area contributed by atoms with Gasteiger partial charge in [-0.05, 0) is 26.3 Å². The van der Waals surface area contributed by atoms with Gasteiger partial charge in [-0.2, -0.15) is 0 Å². The van der Waals surface area contributed by atoms with E-state index in [2.05, 4.69) is 10.6 Å². The number of amides is 1. The number of methoxy groups -OCH3 is 1. The molecule has 0 saturated carbocycles. The number of nitrogens with one attached hydrogen (secondary N) is 2. The van der Waals surface area contributed by atoms with E-state index in [4.69, 9.17) is 9.47 Å². The monoisotopic (exact) mass is 294 g/mol. The van der Waals surface area contributed by atoms with E-state index in [0.29, 0.717) is 25.4 Å². The number of ether oxygens (including phenoxy) is 2. The average molecular weight is 294 g/mol. The Bertz CT molecular complexity index is 449. The molecule has 0 aliphatic rings. The van der Waals surface area contributed by atoms with Gasteiger partial charge in [-0.25, -0.2) is 0 Å². The van der Waals surface area contributed by atoms with Crippen LogP contribution in [0, 0.1) is 0 Å². The molecule has 118 valence electrons. The summed E-state index contributed by atoms with van der Waals surface area (Å²) in [6, 6.07) is 5.51. The van der Waals surface area contributed by atoms with Crippen molar-refractivity contribution >= 4 is 5.91 Å². The number of hydrogen-bond acceptors (Lipinski definition) is 4. The summed E-state index contributed by atoms with van der Waals surface area (Å²) in [5.41, 5.74) is 0.971. The summed E-state index contributed by atoms with van der Waals surface area (Å²) in [7, 11) is 1.62. The van der Waals surface area contributed by atoms with E-state index < -0.39 is 0 Å². The molecule has 2 N–H and O–H groups in total. The third-order valence-corrected chi connectivity index (χ3v) is 3.11. The molecule has 0 fully saturated rings. The van der Waals surface area contributed by atoms with E-state index >= 15 is 0 Å². The minimum absolute atomic E-state index is 0.0109. The van der Waals surface area contributed by atoms with Crippen molar-refractivity contribution in [1.29, 1.82) is 0 Å². The van der Waals surface area contributed by atoms with E-state index in [1.165, 1.54) is 0 Å². The number of hydrogen-bond donors (Lipinski definition) is 2. The summed E-state index contributed by atoms with van der Waals surface area (Å²) in [5, 5.41) is 6.08. The summed E-state index contributed by atoms with van der Waals surface area (Å²) in [6.45, 7) is 7.65. The van der Waals surface area contributed by atoms with Crippen LogP contribution in [0.4, 0.5) is 0 Å². The lowest BCUT2D eigenvalue weighted by molar-refractivity contribution is -0.122. The zero-order chi connectivity index (χ0) is 15.7. The molecule has 1 amide bonds. The second kappa shape index (κ2) is 9.23. The van der Waals surface area contributed by atoms with Gasteiger partial charge in [0.15, 0.2) is 11.5 Å². The van der Waals surface area contributed by atoms with Gasteiger partial charge in [-0.3, -0.25) is 4.79 Å². The van der Waals surface area contributed by atoms with E-state index in [9.17, 15) is 4.79 Å². The van der Waals surface area contributed by atoms with Gasteiger partial charge in [0.1, 0.15) is 0 Å². The van der Waals surface area contributed by atoms with Crippen molar-refractivity contribution in [2.75, 3.05) is 20.3 Å². The van der Waals surface area contributed by atoms with Gasteiger partial charge in [0.25, 0.3) is 0 Å². The average Bonchev–Trinajstić information content (AvgIpc) is 2.50. The molecule has 0 aliphatic carbocycles. The first-order chi connectivity index (χ1) is 10.1. The van der Waals surface area contributed by atoms with Crippen molar-refractivity contribution in [1.82, 2.24) is 10.6 Å². The summed E-state index contributed by atoms with van der Waals surface area (Å²) >= 11 is 0. The molecule has 1 aromatic carbocycles. The number of para-hydroxylation sites is 1. The predicted molar refractivity (Wildman–Crippen MR) is 83.8 cm³/mol. The molecule has 1 rings (SSSR count). The molecular weight excluding hydrogens is 268 g/mol. The lowest BCUT2D eigenvalue weighted by Crippen LogP contribution is -2.42.